The number of rotatable bonds is 0. The van der Waals surface area contributed by atoms with E-state index in [1.165, 1.54) is 32.1 Å². The molecule has 0 saturated heterocycles. The summed E-state index contributed by atoms with van der Waals surface area (Å²) in [6, 6.07) is 0. The molecule has 0 aromatic rings. The van der Waals surface area contributed by atoms with Crippen LogP contribution in [0.4, 0.5) is 0 Å². The van der Waals surface area contributed by atoms with Crippen LogP contribution in [0.3, 0.4) is 0 Å². The highest BCUT2D eigenvalue weighted by Gasteiger charge is 2.68. The first-order valence-corrected chi connectivity index (χ1v) is 13.5. The fourth-order valence-electron chi connectivity index (χ4n) is 10.5. The smallest absolute Gasteiger partial charge is 0.138 e. The monoisotopic (exact) mass is 440 g/mol. The molecule has 0 radical (unpaired) electrons. The molecular weight excluding hydrogens is 392 g/mol. The van der Waals surface area contributed by atoms with E-state index in [0.29, 0.717) is 23.5 Å². The maximum absolute atomic E-state index is 12.9. The van der Waals surface area contributed by atoms with Crippen LogP contribution in [0.2, 0.25) is 0 Å². The van der Waals surface area contributed by atoms with Crippen molar-refractivity contribution in [3.63, 3.8) is 0 Å². The molecule has 4 fully saturated rings. The van der Waals surface area contributed by atoms with E-state index < -0.39 is 0 Å². The van der Waals surface area contributed by atoms with Gasteiger partial charge in [-0.25, -0.2) is 0 Å². The number of carbonyl (C=O) groups excluding carboxylic acids is 1. The van der Waals surface area contributed by atoms with Crippen LogP contribution in [0.1, 0.15) is 113 Å². The van der Waals surface area contributed by atoms with Crippen molar-refractivity contribution in [3.05, 3.63) is 11.6 Å². The predicted octanol–water partition coefficient (Wildman–Crippen LogP) is 7.35. The SMILES string of the molecule is CC1(C)C[C@@H](O)[C@]2(C)CC[C@]3(C)C(=CC[C@@H]4[C@@]5(C)CCC(=O)C(C)(C)[C@@H]5CC[C@]43C)[C@H]2C1. The third kappa shape index (κ3) is 2.65. The highest BCUT2D eigenvalue weighted by Crippen LogP contribution is 2.75. The lowest BCUT2D eigenvalue weighted by atomic mass is 9.33. The molecule has 0 aromatic carbocycles. The molecule has 180 valence electrons. The predicted molar refractivity (Wildman–Crippen MR) is 131 cm³/mol. The topological polar surface area (TPSA) is 37.3 Å². The fraction of sp³-hybridized carbons (Fsp3) is 0.900. The molecule has 5 aliphatic rings. The Labute approximate surface area is 197 Å². The molecule has 0 spiro atoms. The summed E-state index contributed by atoms with van der Waals surface area (Å²) < 4.78 is 0. The molecular formula is C30H48O2. The van der Waals surface area contributed by atoms with E-state index in [-0.39, 0.29) is 38.6 Å². The Bertz CT molecular complexity index is 866. The maximum Gasteiger partial charge on any atom is 0.138 e. The lowest BCUT2D eigenvalue weighted by Gasteiger charge is -2.71. The molecule has 4 saturated carbocycles. The number of hydrogen-bond acceptors (Lipinski definition) is 2. The van der Waals surface area contributed by atoms with Gasteiger partial charge in [-0.1, -0.05) is 67.0 Å². The van der Waals surface area contributed by atoms with Crippen molar-refractivity contribution in [2.75, 3.05) is 0 Å². The van der Waals surface area contributed by atoms with Crippen molar-refractivity contribution in [1.82, 2.24) is 0 Å². The third-order valence-electron chi connectivity index (χ3n) is 12.9. The fourth-order valence-corrected chi connectivity index (χ4v) is 10.5. The summed E-state index contributed by atoms with van der Waals surface area (Å²) in [4.78, 5) is 12.9. The van der Waals surface area contributed by atoms with Crippen LogP contribution < -0.4 is 0 Å². The van der Waals surface area contributed by atoms with Gasteiger partial charge in [0.2, 0.25) is 0 Å². The minimum atomic E-state index is -0.189. The van der Waals surface area contributed by atoms with Crippen LogP contribution >= 0.6 is 0 Å². The average molecular weight is 441 g/mol. The average Bonchev–Trinajstić information content (AvgIpc) is 2.67. The normalized spacial score (nSPS) is 53.9. The third-order valence-corrected chi connectivity index (χ3v) is 12.9. The van der Waals surface area contributed by atoms with Gasteiger partial charge >= 0.3 is 0 Å². The summed E-state index contributed by atoms with van der Waals surface area (Å²) in [5.74, 6) is 2.17. The van der Waals surface area contributed by atoms with E-state index in [2.05, 4.69) is 61.5 Å². The second-order valence-electron chi connectivity index (χ2n) is 15.1. The number of aliphatic hydroxyl groups excluding tert-OH is 1. The lowest BCUT2D eigenvalue weighted by Crippen LogP contribution is -2.64. The summed E-state index contributed by atoms with van der Waals surface area (Å²) in [7, 11) is 0. The number of aliphatic hydroxyl groups is 1. The molecule has 5 rings (SSSR count). The molecule has 0 heterocycles. The quantitative estimate of drug-likeness (QED) is 0.400. The van der Waals surface area contributed by atoms with Crippen molar-refractivity contribution in [3.8, 4) is 0 Å². The van der Waals surface area contributed by atoms with Crippen molar-refractivity contribution in [2.45, 2.75) is 119 Å². The minimum absolute atomic E-state index is 0.0322. The summed E-state index contributed by atoms with van der Waals surface area (Å²) in [5.41, 5.74) is 2.51. The van der Waals surface area contributed by atoms with E-state index in [4.69, 9.17) is 0 Å². The van der Waals surface area contributed by atoms with Crippen LogP contribution in [0, 0.1) is 50.2 Å². The number of ketones is 1. The van der Waals surface area contributed by atoms with Gasteiger partial charge in [0.25, 0.3) is 0 Å². The van der Waals surface area contributed by atoms with Crippen LogP contribution in [-0.2, 0) is 4.79 Å². The van der Waals surface area contributed by atoms with Crippen molar-refractivity contribution in [2.24, 2.45) is 50.2 Å². The molecule has 8 atom stereocenters. The number of fused-ring (bicyclic) bond motifs is 7. The van der Waals surface area contributed by atoms with Gasteiger partial charge in [0.05, 0.1) is 6.10 Å². The number of allylic oxidation sites excluding steroid dienone is 2. The van der Waals surface area contributed by atoms with Crippen LogP contribution in [0.25, 0.3) is 0 Å². The summed E-state index contributed by atoms with van der Waals surface area (Å²) in [5, 5.41) is 11.3. The Hall–Kier alpha value is -0.630. The van der Waals surface area contributed by atoms with Gasteiger partial charge in [-0.05, 0) is 90.8 Å². The zero-order valence-corrected chi connectivity index (χ0v) is 22.1. The van der Waals surface area contributed by atoms with Gasteiger partial charge in [0.15, 0.2) is 0 Å². The van der Waals surface area contributed by atoms with Crippen molar-refractivity contribution < 1.29 is 9.90 Å². The first-order valence-electron chi connectivity index (χ1n) is 13.5. The first-order chi connectivity index (χ1) is 14.6. The van der Waals surface area contributed by atoms with Crippen LogP contribution in [0.15, 0.2) is 11.6 Å². The molecule has 0 bridgehead atoms. The zero-order valence-electron chi connectivity index (χ0n) is 22.1. The molecule has 0 aromatic heterocycles. The Kier molecular flexibility index (Phi) is 4.71. The van der Waals surface area contributed by atoms with Gasteiger partial charge in [0, 0.05) is 17.3 Å². The Morgan fingerprint density at radius 1 is 0.844 bits per heavy atom. The van der Waals surface area contributed by atoms with Crippen LogP contribution in [-0.4, -0.2) is 17.0 Å². The Morgan fingerprint density at radius 2 is 1.53 bits per heavy atom. The summed E-state index contributed by atoms with van der Waals surface area (Å²) in [6.45, 7) is 19.4. The first kappa shape index (κ1) is 23.1. The molecule has 5 aliphatic carbocycles. The minimum Gasteiger partial charge on any atom is -0.393 e. The summed E-state index contributed by atoms with van der Waals surface area (Å²) >= 11 is 0. The van der Waals surface area contributed by atoms with E-state index in [9.17, 15) is 9.90 Å². The molecule has 0 amide bonds. The van der Waals surface area contributed by atoms with Gasteiger partial charge in [-0.3, -0.25) is 4.79 Å². The molecule has 0 aliphatic heterocycles. The second kappa shape index (κ2) is 6.52. The van der Waals surface area contributed by atoms with Gasteiger partial charge in [-0.2, -0.15) is 0 Å². The van der Waals surface area contributed by atoms with Crippen molar-refractivity contribution in [1.29, 1.82) is 0 Å². The molecule has 2 nitrogen and oxygen atoms in total. The zero-order chi connectivity index (χ0) is 23.5. The largest absolute Gasteiger partial charge is 0.393 e. The van der Waals surface area contributed by atoms with Gasteiger partial charge in [-0.15, -0.1) is 0 Å². The van der Waals surface area contributed by atoms with E-state index in [1.54, 1.807) is 5.57 Å². The Balaban J connectivity index is 1.59. The van der Waals surface area contributed by atoms with Crippen LogP contribution in [0.5, 0.6) is 0 Å². The highest BCUT2D eigenvalue weighted by molar-refractivity contribution is 5.85. The van der Waals surface area contributed by atoms with E-state index in [0.717, 1.165) is 25.7 Å². The Morgan fingerprint density at radius 3 is 2.22 bits per heavy atom. The lowest BCUT2D eigenvalue weighted by molar-refractivity contribution is -0.190. The molecule has 1 N–H and O–H groups in total. The van der Waals surface area contributed by atoms with E-state index >= 15 is 0 Å². The number of Topliss-reactive ketones (excluding diaryl/α,β-unsaturated/α-hetero) is 1. The van der Waals surface area contributed by atoms with Gasteiger partial charge < -0.3 is 5.11 Å². The molecule has 0 unspecified atom stereocenters. The second-order valence-corrected chi connectivity index (χ2v) is 15.1. The highest BCUT2D eigenvalue weighted by atomic mass is 16.3. The van der Waals surface area contributed by atoms with Gasteiger partial charge in [0.1, 0.15) is 5.78 Å². The standard InChI is InChI=1S/C30H48O2/c1-25(2)17-20-19-9-10-22-28(6)13-12-23(31)26(3,4)21(28)11-14-30(22,8)29(19,7)16-15-27(20,5)24(32)18-25/h9,20-22,24,32H,10-18H2,1-8H3/t20-,21+,22-,24-,27-,28+,29-,30-/m1/s1. The summed E-state index contributed by atoms with van der Waals surface area (Å²) in [6.07, 6.45) is 12.4. The number of carbonyl (C=O) groups is 1. The molecule has 32 heavy (non-hydrogen) atoms. The van der Waals surface area contributed by atoms with E-state index in [1.807, 2.05) is 0 Å². The van der Waals surface area contributed by atoms with Crippen molar-refractivity contribution >= 4 is 5.78 Å². The molecule has 2 heteroatoms. The maximum atomic E-state index is 12.9. The number of hydrogen-bond donors (Lipinski definition) is 1.